The first kappa shape index (κ1) is 20.8. The number of nitrogen functional groups attached to an aromatic ring is 1. The molecule has 30 heavy (non-hydrogen) atoms. The molecule has 1 atom stereocenters. The molecule has 7 heteroatoms. The van der Waals surface area contributed by atoms with Crippen LogP contribution in [0.2, 0.25) is 0 Å². The van der Waals surface area contributed by atoms with E-state index in [-0.39, 0.29) is 17.5 Å². The number of carbonyl (C=O) groups is 2. The van der Waals surface area contributed by atoms with Gasteiger partial charge in [-0.1, -0.05) is 30.3 Å². The van der Waals surface area contributed by atoms with Crippen molar-refractivity contribution in [3.05, 3.63) is 89.6 Å². The summed E-state index contributed by atoms with van der Waals surface area (Å²) in [4.78, 5) is 28.7. The second-order valence-electron chi connectivity index (χ2n) is 6.50. The van der Waals surface area contributed by atoms with E-state index in [9.17, 15) is 9.59 Å². The summed E-state index contributed by atoms with van der Waals surface area (Å²) in [7, 11) is 1.58. The topological polar surface area (TPSA) is 120 Å². The van der Waals surface area contributed by atoms with E-state index in [0.717, 1.165) is 5.56 Å². The fourth-order valence-corrected chi connectivity index (χ4v) is 2.75. The van der Waals surface area contributed by atoms with Crippen LogP contribution in [-0.4, -0.2) is 23.8 Å². The molecular formula is C23H22N4O3. The van der Waals surface area contributed by atoms with Crippen LogP contribution in [0.4, 0.5) is 11.5 Å². The van der Waals surface area contributed by atoms with Gasteiger partial charge in [0, 0.05) is 11.8 Å². The molecule has 5 N–H and O–H groups in total. The molecule has 3 rings (SSSR count). The summed E-state index contributed by atoms with van der Waals surface area (Å²) in [5.74, 6) is 0.353. The van der Waals surface area contributed by atoms with Gasteiger partial charge in [-0.3, -0.25) is 9.59 Å². The Morgan fingerprint density at radius 2 is 1.87 bits per heavy atom. The van der Waals surface area contributed by atoms with Crippen molar-refractivity contribution in [1.29, 1.82) is 0 Å². The molecule has 0 saturated carbocycles. The van der Waals surface area contributed by atoms with Crippen molar-refractivity contribution in [3.63, 3.8) is 0 Å². The van der Waals surface area contributed by atoms with Gasteiger partial charge in [0.25, 0.3) is 5.91 Å². The number of hydrogen-bond acceptors (Lipinski definition) is 6. The zero-order valence-corrected chi connectivity index (χ0v) is 16.4. The molecule has 0 saturated heterocycles. The Balaban J connectivity index is 1.66. The molecule has 0 aliphatic carbocycles. The van der Waals surface area contributed by atoms with Crippen LogP contribution >= 0.6 is 0 Å². The fourth-order valence-electron chi connectivity index (χ4n) is 2.75. The number of anilines is 2. The number of carbonyl (C=O) groups excluding carboxylic acids is 2. The van der Waals surface area contributed by atoms with E-state index < -0.39 is 6.04 Å². The molecule has 0 spiro atoms. The molecule has 0 aliphatic rings. The highest BCUT2D eigenvalue weighted by molar-refractivity contribution is 6.05. The monoisotopic (exact) mass is 402 g/mol. The number of nitrogens with two attached hydrogens (primary N) is 2. The molecule has 2 aromatic carbocycles. The lowest BCUT2D eigenvalue weighted by Gasteiger charge is -2.10. The third-order valence-electron chi connectivity index (χ3n) is 4.46. The first-order valence-electron chi connectivity index (χ1n) is 9.21. The third kappa shape index (κ3) is 5.09. The normalized spacial score (nSPS) is 11.8. The van der Waals surface area contributed by atoms with Crippen molar-refractivity contribution >= 4 is 29.3 Å². The van der Waals surface area contributed by atoms with E-state index in [4.69, 9.17) is 16.2 Å². The summed E-state index contributed by atoms with van der Waals surface area (Å²) < 4.78 is 5.17. The van der Waals surface area contributed by atoms with E-state index in [2.05, 4.69) is 10.3 Å². The lowest BCUT2D eigenvalue weighted by molar-refractivity contribution is -0.115. The van der Waals surface area contributed by atoms with Crippen molar-refractivity contribution in [1.82, 2.24) is 4.98 Å². The number of rotatable bonds is 7. The molecule has 1 heterocycles. The minimum atomic E-state index is -0.835. The molecule has 1 amide bonds. The van der Waals surface area contributed by atoms with E-state index in [0.29, 0.717) is 22.6 Å². The third-order valence-corrected chi connectivity index (χ3v) is 4.46. The zero-order valence-electron chi connectivity index (χ0n) is 16.4. The van der Waals surface area contributed by atoms with Gasteiger partial charge in [-0.25, -0.2) is 4.98 Å². The number of nitrogens with zero attached hydrogens (tertiary/aromatic N) is 1. The van der Waals surface area contributed by atoms with Crippen LogP contribution in [0.3, 0.4) is 0 Å². The molecule has 1 aromatic heterocycles. The lowest BCUT2D eigenvalue weighted by Crippen LogP contribution is -2.20. The average Bonchev–Trinajstić information content (AvgIpc) is 2.78. The van der Waals surface area contributed by atoms with E-state index >= 15 is 0 Å². The summed E-state index contributed by atoms with van der Waals surface area (Å²) in [6.45, 7) is 0. The predicted octanol–water partition coefficient (Wildman–Crippen LogP) is 3.21. The minimum absolute atomic E-state index is 0.234. The van der Waals surface area contributed by atoms with Gasteiger partial charge in [0.1, 0.15) is 11.6 Å². The number of methoxy groups -OCH3 is 1. The number of ketones is 1. The molecule has 0 bridgehead atoms. The van der Waals surface area contributed by atoms with Gasteiger partial charge in [-0.05, 0) is 53.6 Å². The van der Waals surface area contributed by atoms with Gasteiger partial charge < -0.3 is 21.5 Å². The summed E-state index contributed by atoms with van der Waals surface area (Å²) in [6, 6.07) is 16.4. The highest BCUT2D eigenvalue weighted by Crippen LogP contribution is 2.18. The molecular weight excluding hydrogens is 380 g/mol. The van der Waals surface area contributed by atoms with Gasteiger partial charge in [-0.15, -0.1) is 0 Å². The molecule has 7 nitrogen and oxygen atoms in total. The molecule has 0 aliphatic heterocycles. The average molecular weight is 402 g/mol. The Kier molecular flexibility index (Phi) is 6.56. The minimum Gasteiger partial charge on any atom is -0.497 e. The highest BCUT2D eigenvalue weighted by Gasteiger charge is 2.14. The number of ether oxygens (including phenoxy) is 1. The fraction of sp³-hybridized carbons (Fsp3) is 0.0870. The van der Waals surface area contributed by atoms with Gasteiger partial charge in [0.2, 0.25) is 0 Å². The van der Waals surface area contributed by atoms with Gasteiger partial charge in [0.05, 0.1) is 18.8 Å². The maximum Gasteiger partial charge on any atom is 0.255 e. The molecule has 0 radical (unpaired) electrons. The number of pyridine rings is 1. The van der Waals surface area contributed by atoms with Crippen LogP contribution in [0.5, 0.6) is 5.75 Å². The first-order valence-corrected chi connectivity index (χ1v) is 9.21. The van der Waals surface area contributed by atoms with Crippen molar-refractivity contribution < 1.29 is 14.3 Å². The lowest BCUT2D eigenvalue weighted by atomic mass is 10.0. The van der Waals surface area contributed by atoms with E-state index in [1.165, 1.54) is 6.08 Å². The summed E-state index contributed by atoms with van der Waals surface area (Å²) >= 11 is 0. The van der Waals surface area contributed by atoms with Crippen molar-refractivity contribution in [2.24, 2.45) is 5.73 Å². The Hall–Kier alpha value is -3.97. The van der Waals surface area contributed by atoms with Gasteiger partial charge in [0.15, 0.2) is 5.78 Å². The Morgan fingerprint density at radius 1 is 1.10 bits per heavy atom. The van der Waals surface area contributed by atoms with E-state index in [1.807, 2.05) is 24.3 Å². The Labute approximate surface area is 174 Å². The van der Waals surface area contributed by atoms with Gasteiger partial charge in [-0.2, -0.15) is 0 Å². The number of amides is 1. The number of nitrogens with one attached hydrogen (secondary N) is 1. The summed E-state index contributed by atoms with van der Waals surface area (Å²) in [6.07, 6.45) is 4.66. The largest absolute Gasteiger partial charge is 0.497 e. The first-order chi connectivity index (χ1) is 14.5. The molecule has 152 valence electrons. The second-order valence-corrected chi connectivity index (χ2v) is 6.50. The number of benzene rings is 2. The van der Waals surface area contributed by atoms with Crippen molar-refractivity contribution in [2.75, 3.05) is 18.2 Å². The van der Waals surface area contributed by atoms with Crippen LogP contribution in [0, 0.1) is 0 Å². The van der Waals surface area contributed by atoms with Crippen LogP contribution in [0.15, 0.2) is 72.9 Å². The van der Waals surface area contributed by atoms with Gasteiger partial charge >= 0.3 is 0 Å². The van der Waals surface area contributed by atoms with Crippen molar-refractivity contribution in [2.45, 2.75) is 6.04 Å². The highest BCUT2D eigenvalue weighted by atomic mass is 16.5. The Bertz CT molecular complexity index is 1080. The van der Waals surface area contributed by atoms with Crippen LogP contribution in [-0.2, 0) is 4.79 Å². The molecule has 3 aromatic rings. The summed E-state index contributed by atoms with van der Waals surface area (Å²) in [5.41, 5.74) is 14.1. The maximum atomic E-state index is 12.4. The van der Waals surface area contributed by atoms with E-state index in [1.54, 1.807) is 55.8 Å². The predicted molar refractivity (Wildman–Crippen MR) is 117 cm³/mol. The second kappa shape index (κ2) is 9.49. The van der Waals surface area contributed by atoms with Crippen molar-refractivity contribution in [3.8, 4) is 5.75 Å². The summed E-state index contributed by atoms with van der Waals surface area (Å²) in [5, 5.41) is 2.70. The van der Waals surface area contributed by atoms with Crippen LogP contribution < -0.4 is 21.5 Å². The Morgan fingerprint density at radius 3 is 2.57 bits per heavy atom. The van der Waals surface area contributed by atoms with Crippen LogP contribution in [0.1, 0.15) is 27.5 Å². The van der Waals surface area contributed by atoms with Crippen LogP contribution in [0.25, 0.3) is 6.08 Å². The molecule has 0 fully saturated rings. The number of aromatic nitrogens is 1. The maximum absolute atomic E-state index is 12.4. The quantitative estimate of drug-likeness (QED) is 0.522. The SMILES string of the molecule is COc1cccc(/C=C/C(=O)C(N)c2ccc(C(=O)Nc3cccnc3N)cc2)c1. The zero-order chi connectivity index (χ0) is 21.5. The standard InChI is InChI=1S/C23H22N4O3/c1-30-18-5-2-4-15(14-18)7-12-20(28)21(24)16-8-10-17(11-9-16)23(29)27-19-6-3-13-26-22(19)25/h2-14,21H,24H2,1H3,(H2,25,26)(H,27,29)/b12-7+. The molecule has 1 unspecified atom stereocenters. The number of hydrogen-bond donors (Lipinski definition) is 3. The smallest absolute Gasteiger partial charge is 0.255 e.